The minimum atomic E-state index is -4.80. The zero-order valence-corrected chi connectivity index (χ0v) is 34.0. The number of fused-ring (bicyclic) bond motifs is 1. The number of halogens is 3. The van der Waals surface area contributed by atoms with Crippen molar-refractivity contribution in [2.75, 3.05) is 66.0 Å². The van der Waals surface area contributed by atoms with Crippen LogP contribution in [0.1, 0.15) is 43.4 Å². The number of carbonyl (C=O) groups excluding carboxylic acids is 4. The molecule has 3 heterocycles. The third kappa shape index (κ3) is 8.62. The van der Waals surface area contributed by atoms with E-state index in [1.54, 1.807) is 49.1 Å². The van der Waals surface area contributed by atoms with E-state index in [2.05, 4.69) is 20.4 Å². The Morgan fingerprint density at radius 3 is 2.36 bits per heavy atom. The van der Waals surface area contributed by atoms with Crippen molar-refractivity contribution < 1.29 is 42.2 Å². The van der Waals surface area contributed by atoms with Gasteiger partial charge in [0.2, 0.25) is 17.7 Å². The lowest BCUT2D eigenvalue weighted by Crippen LogP contribution is -2.47. The number of thiocarbonyl (C=S) groups is 1. The number of amides is 4. The molecule has 7 rings (SSSR count). The predicted molar refractivity (Wildman–Crippen MR) is 226 cm³/mol. The molecule has 0 spiro atoms. The van der Waals surface area contributed by atoms with Gasteiger partial charge in [0.1, 0.15) is 17.9 Å². The van der Waals surface area contributed by atoms with Crippen LogP contribution in [0.4, 0.5) is 35.9 Å². The van der Waals surface area contributed by atoms with Crippen LogP contribution in [-0.4, -0.2) is 95.9 Å². The van der Waals surface area contributed by atoms with Crippen molar-refractivity contribution in [2.45, 2.75) is 38.4 Å². The molecule has 1 unspecified atom stereocenters. The first-order valence-corrected chi connectivity index (χ1v) is 19.8. The summed E-state index contributed by atoms with van der Waals surface area (Å²) in [4.78, 5) is 57.5. The summed E-state index contributed by atoms with van der Waals surface area (Å²) in [7, 11) is 0. The van der Waals surface area contributed by atoms with Gasteiger partial charge in [0.15, 0.2) is 5.11 Å². The van der Waals surface area contributed by atoms with E-state index in [9.17, 15) is 42.7 Å². The second-order valence-corrected chi connectivity index (χ2v) is 15.8. The molecule has 14 nitrogen and oxygen atoms in total. The lowest BCUT2D eigenvalue weighted by Gasteiger charge is -2.36. The summed E-state index contributed by atoms with van der Waals surface area (Å²) in [6.07, 6.45) is -4.52. The standard InChI is InChI=1S/C43H41F3N8O6S/c1-42(2)40(59)53(30-6-3-26(23-47)33(22-30)43(44,45)46)41(61)54(42)29-9-7-28(8-10-29)52-17-15-51(16-18-52)19-20-60-24-36(57)49-27-5-11-31-25(21-27)4-13-34(55)37(31)38(48)32-12-14-35(56)50-39(32)58/h3-11,13,21-22,32,48,55H,12,14-20,24H2,1-2H3,(H,49,57)(H,50,56,58). The number of nitrogens with one attached hydrogen (secondary N) is 3. The number of piperidine rings is 1. The van der Waals surface area contributed by atoms with Crippen LogP contribution in [-0.2, 0) is 30.1 Å². The number of piperazine rings is 1. The van der Waals surface area contributed by atoms with Crippen LogP contribution in [0.15, 0.2) is 72.8 Å². The van der Waals surface area contributed by atoms with Gasteiger partial charge in [-0.15, -0.1) is 0 Å². The maximum absolute atomic E-state index is 13.7. The van der Waals surface area contributed by atoms with Gasteiger partial charge in [0.25, 0.3) is 5.91 Å². The molecule has 0 radical (unpaired) electrons. The molecule has 3 aliphatic rings. The molecule has 3 saturated heterocycles. The molecule has 61 heavy (non-hydrogen) atoms. The van der Waals surface area contributed by atoms with Crippen molar-refractivity contribution in [3.8, 4) is 11.8 Å². The highest BCUT2D eigenvalue weighted by Gasteiger charge is 2.51. The number of ether oxygens (including phenoxy) is 1. The summed E-state index contributed by atoms with van der Waals surface area (Å²) >= 11 is 5.67. The Balaban J connectivity index is 0.883. The van der Waals surface area contributed by atoms with Gasteiger partial charge in [-0.1, -0.05) is 12.1 Å². The molecule has 0 aromatic heterocycles. The smallest absolute Gasteiger partial charge is 0.417 e. The lowest BCUT2D eigenvalue weighted by molar-refractivity contribution is -0.138. The molecule has 0 aliphatic carbocycles. The fourth-order valence-corrected chi connectivity index (χ4v) is 8.40. The molecule has 4 aromatic carbocycles. The molecular weight excluding hydrogens is 814 g/mol. The molecule has 3 aliphatic heterocycles. The van der Waals surface area contributed by atoms with Crippen molar-refractivity contribution in [2.24, 2.45) is 5.92 Å². The molecule has 316 valence electrons. The molecule has 3 fully saturated rings. The van der Waals surface area contributed by atoms with Crippen LogP contribution in [0.3, 0.4) is 0 Å². The summed E-state index contributed by atoms with van der Waals surface area (Å²) in [6, 6.07) is 20.2. The van der Waals surface area contributed by atoms with E-state index < -0.39 is 46.5 Å². The van der Waals surface area contributed by atoms with Crippen LogP contribution in [0.25, 0.3) is 10.8 Å². The minimum absolute atomic E-state index is 0.0196. The van der Waals surface area contributed by atoms with Crippen molar-refractivity contribution in [1.82, 2.24) is 10.2 Å². The Hall–Kier alpha value is -6.42. The zero-order valence-electron chi connectivity index (χ0n) is 33.1. The number of benzene rings is 4. The van der Waals surface area contributed by atoms with E-state index in [4.69, 9.17) is 22.4 Å². The highest BCUT2D eigenvalue weighted by Crippen LogP contribution is 2.40. The highest BCUT2D eigenvalue weighted by molar-refractivity contribution is 7.81. The first kappa shape index (κ1) is 42.7. The van der Waals surface area contributed by atoms with Gasteiger partial charge in [0.05, 0.1) is 41.1 Å². The Morgan fingerprint density at radius 2 is 1.69 bits per heavy atom. The number of phenolic OH excluding ortho intramolecular Hbond substituents is 1. The van der Waals surface area contributed by atoms with Crippen molar-refractivity contribution in [3.63, 3.8) is 0 Å². The maximum Gasteiger partial charge on any atom is 0.417 e. The van der Waals surface area contributed by atoms with Crippen LogP contribution in [0, 0.1) is 22.7 Å². The summed E-state index contributed by atoms with van der Waals surface area (Å²) in [6.45, 7) is 6.97. The number of hydrogen-bond acceptors (Lipinski definition) is 11. The normalized spacial score (nSPS) is 18.4. The molecule has 4 amide bonds. The average molecular weight is 855 g/mol. The van der Waals surface area contributed by atoms with E-state index in [1.807, 2.05) is 24.3 Å². The number of hydrogen-bond donors (Lipinski definition) is 4. The molecule has 18 heteroatoms. The molecule has 4 aromatic rings. The summed E-state index contributed by atoms with van der Waals surface area (Å²) < 4.78 is 46.9. The summed E-state index contributed by atoms with van der Waals surface area (Å²) in [5.41, 5.74) is -0.840. The number of imide groups is 1. The summed E-state index contributed by atoms with van der Waals surface area (Å²) in [5.74, 6) is -2.86. The third-order valence-electron chi connectivity index (χ3n) is 11.1. The van der Waals surface area contributed by atoms with Gasteiger partial charge >= 0.3 is 6.18 Å². The molecule has 4 N–H and O–H groups in total. The predicted octanol–water partition coefficient (Wildman–Crippen LogP) is 5.55. The van der Waals surface area contributed by atoms with Crippen LogP contribution >= 0.6 is 12.2 Å². The van der Waals surface area contributed by atoms with Gasteiger partial charge in [-0.3, -0.25) is 34.3 Å². The molecule has 0 bridgehead atoms. The average Bonchev–Trinajstić information content (AvgIpc) is 3.40. The fourth-order valence-electron chi connectivity index (χ4n) is 7.88. The SMILES string of the molecule is CC1(C)C(=O)N(c2ccc(C#N)c(C(F)(F)F)c2)C(=S)N1c1ccc(N2CCN(CCOCC(=O)Nc3ccc4c(C(=N)C5CCC(=O)NC5=O)c(O)ccc4c3)CC2)cc1. The fraction of sp³-hybridized carbons (Fsp3) is 0.326. The largest absolute Gasteiger partial charge is 0.507 e. The van der Waals surface area contributed by atoms with Gasteiger partial charge < -0.3 is 30.4 Å². The van der Waals surface area contributed by atoms with E-state index in [-0.39, 0.29) is 53.2 Å². The number of rotatable bonds is 11. The van der Waals surface area contributed by atoms with Gasteiger partial charge in [0, 0.05) is 61.8 Å². The number of carbonyl (C=O) groups is 4. The Labute approximate surface area is 353 Å². The molecule has 0 saturated carbocycles. The van der Waals surface area contributed by atoms with Crippen molar-refractivity contribution >= 4 is 80.2 Å². The van der Waals surface area contributed by atoms with Crippen molar-refractivity contribution in [3.05, 3.63) is 89.5 Å². The quantitative estimate of drug-likeness (QED) is 0.0643. The topological polar surface area (TPSA) is 182 Å². The second kappa shape index (κ2) is 16.9. The van der Waals surface area contributed by atoms with Gasteiger partial charge in [-0.05, 0) is 104 Å². The Morgan fingerprint density at radius 1 is 1.00 bits per heavy atom. The van der Waals surface area contributed by atoms with E-state index in [0.717, 1.165) is 35.8 Å². The van der Waals surface area contributed by atoms with Crippen LogP contribution < -0.4 is 25.3 Å². The van der Waals surface area contributed by atoms with E-state index in [0.29, 0.717) is 48.4 Å². The highest BCUT2D eigenvalue weighted by atomic mass is 32.1. The number of nitrogens with zero attached hydrogens (tertiary/aromatic N) is 5. The number of alkyl halides is 3. The van der Waals surface area contributed by atoms with Gasteiger partial charge in [-0.2, -0.15) is 18.4 Å². The number of phenols is 1. The molecular formula is C43H41F3N8O6S. The van der Waals surface area contributed by atoms with Gasteiger partial charge in [-0.25, -0.2) is 0 Å². The monoisotopic (exact) mass is 854 g/mol. The van der Waals surface area contributed by atoms with Crippen molar-refractivity contribution in [1.29, 1.82) is 10.7 Å². The second-order valence-electron chi connectivity index (χ2n) is 15.4. The lowest BCUT2D eigenvalue weighted by atomic mass is 9.86. The molecule has 1 atom stereocenters. The van der Waals surface area contributed by atoms with Crippen LogP contribution in [0.5, 0.6) is 5.75 Å². The Kier molecular flexibility index (Phi) is 11.8. The Bertz CT molecular complexity index is 2500. The van der Waals surface area contributed by atoms with E-state index in [1.165, 1.54) is 12.1 Å². The first-order valence-electron chi connectivity index (χ1n) is 19.4. The first-order chi connectivity index (χ1) is 29.0. The maximum atomic E-state index is 13.7. The minimum Gasteiger partial charge on any atom is -0.507 e. The zero-order chi connectivity index (χ0) is 43.8. The number of aromatic hydroxyl groups is 1. The van der Waals surface area contributed by atoms with E-state index >= 15 is 0 Å². The third-order valence-corrected chi connectivity index (χ3v) is 11.5. The number of anilines is 4. The number of nitriles is 1. The van der Waals surface area contributed by atoms with Crippen LogP contribution in [0.2, 0.25) is 0 Å². The summed E-state index contributed by atoms with van der Waals surface area (Å²) in [5, 5.41) is 34.7.